The maximum Gasteiger partial charge on any atom is 0.338 e. The molecule has 134 valence electrons. The molecule has 0 aliphatic rings. The second-order valence-corrected chi connectivity index (χ2v) is 5.77. The van der Waals surface area contributed by atoms with E-state index >= 15 is 0 Å². The van der Waals surface area contributed by atoms with Crippen LogP contribution in [0.2, 0.25) is 0 Å². The largest absolute Gasteiger partial charge is 0.455 e. The average molecular weight is 356 g/mol. The van der Waals surface area contributed by atoms with Crippen molar-refractivity contribution < 1.29 is 23.0 Å². The van der Waals surface area contributed by atoms with Gasteiger partial charge in [-0.05, 0) is 54.8 Å². The summed E-state index contributed by atoms with van der Waals surface area (Å²) in [6, 6.07) is 8.20. The number of carbonyl (C=O) groups excluding carboxylic acids is 1. The van der Waals surface area contributed by atoms with E-state index in [2.05, 4.69) is 19.7 Å². The molecule has 0 radical (unpaired) electrons. The van der Waals surface area contributed by atoms with Gasteiger partial charge in [-0.25, -0.2) is 13.6 Å². The van der Waals surface area contributed by atoms with Gasteiger partial charge in [-0.2, -0.15) is 0 Å². The predicted molar refractivity (Wildman–Crippen MR) is 96.8 cm³/mol. The van der Waals surface area contributed by atoms with E-state index in [1.807, 2.05) is 0 Å². The van der Waals surface area contributed by atoms with Gasteiger partial charge in [0.15, 0.2) is 23.1 Å². The Balaban J connectivity index is 2.26. The lowest BCUT2D eigenvalue weighted by Crippen LogP contribution is -2.09. The minimum absolute atomic E-state index is 0.00534. The van der Waals surface area contributed by atoms with Gasteiger partial charge in [0, 0.05) is 5.57 Å². The van der Waals surface area contributed by atoms with E-state index in [4.69, 9.17) is 9.47 Å². The molecule has 0 heterocycles. The van der Waals surface area contributed by atoms with Crippen LogP contribution in [0, 0.1) is 11.6 Å². The highest BCUT2D eigenvalue weighted by atomic mass is 19.1. The van der Waals surface area contributed by atoms with Crippen LogP contribution < -0.4 is 9.47 Å². The molecule has 0 aliphatic heterocycles. The summed E-state index contributed by atoms with van der Waals surface area (Å²) in [6.45, 7) is 13.9. The Bertz CT molecular complexity index is 838. The molecule has 0 saturated heterocycles. The molecule has 2 aromatic carbocycles. The maximum atomic E-state index is 14.2. The first-order valence-electron chi connectivity index (χ1n) is 7.69. The third-order valence-electron chi connectivity index (χ3n) is 3.46. The predicted octanol–water partition coefficient (Wildman–Crippen LogP) is 5.58. The van der Waals surface area contributed by atoms with E-state index in [9.17, 15) is 13.6 Å². The lowest BCUT2D eigenvalue weighted by molar-refractivity contribution is -0.130. The van der Waals surface area contributed by atoms with Gasteiger partial charge in [-0.3, -0.25) is 0 Å². The molecule has 0 amide bonds. The maximum absolute atomic E-state index is 14.2. The molecule has 0 fully saturated rings. The molecule has 0 bridgehead atoms. The van der Waals surface area contributed by atoms with Crippen LogP contribution in [0.3, 0.4) is 0 Å². The van der Waals surface area contributed by atoms with Crippen molar-refractivity contribution in [1.29, 1.82) is 0 Å². The number of rotatable bonds is 6. The zero-order valence-corrected chi connectivity index (χ0v) is 14.6. The van der Waals surface area contributed by atoms with Crippen LogP contribution in [-0.2, 0) is 4.79 Å². The fraction of sp³-hybridized carbons (Fsp3) is 0.0952. The Morgan fingerprint density at radius 1 is 0.808 bits per heavy atom. The van der Waals surface area contributed by atoms with E-state index in [0.717, 1.165) is 6.07 Å². The van der Waals surface area contributed by atoms with Gasteiger partial charge >= 0.3 is 5.97 Å². The Morgan fingerprint density at radius 3 is 1.65 bits per heavy atom. The summed E-state index contributed by atoms with van der Waals surface area (Å²) >= 11 is 0. The van der Waals surface area contributed by atoms with Crippen LogP contribution in [0.5, 0.6) is 11.5 Å². The summed E-state index contributed by atoms with van der Waals surface area (Å²) in [4.78, 5) is 11.5. The molecule has 0 spiro atoms. The van der Waals surface area contributed by atoms with Gasteiger partial charge in [0.25, 0.3) is 0 Å². The van der Waals surface area contributed by atoms with Crippen LogP contribution in [-0.4, -0.2) is 5.97 Å². The molecule has 0 unspecified atom stereocenters. The molecule has 5 heteroatoms. The molecule has 0 saturated carbocycles. The second-order valence-electron chi connectivity index (χ2n) is 5.77. The first-order valence-corrected chi connectivity index (χ1v) is 7.69. The minimum Gasteiger partial charge on any atom is -0.455 e. The zero-order valence-electron chi connectivity index (χ0n) is 14.6. The van der Waals surface area contributed by atoms with E-state index in [1.165, 1.54) is 31.2 Å². The van der Waals surface area contributed by atoms with E-state index in [0.29, 0.717) is 16.7 Å². The third kappa shape index (κ3) is 4.45. The minimum atomic E-state index is -0.742. The van der Waals surface area contributed by atoms with Gasteiger partial charge in [-0.1, -0.05) is 31.9 Å². The van der Waals surface area contributed by atoms with Crippen LogP contribution in [0.1, 0.15) is 13.8 Å². The molecule has 3 nitrogen and oxygen atoms in total. The van der Waals surface area contributed by atoms with Crippen molar-refractivity contribution in [3.8, 4) is 22.6 Å². The van der Waals surface area contributed by atoms with Crippen molar-refractivity contribution in [2.45, 2.75) is 13.8 Å². The lowest BCUT2D eigenvalue weighted by atomic mass is 10.0. The summed E-state index contributed by atoms with van der Waals surface area (Å²) in [5.74, 6) is -2.06. The van der Waals surface area contributed by atoms with E-state index in [-0.39, 0.29) is 22.8 Å². The fourth-order valence-corrected chi connectivity index (χ4v) is 1.93. The first kappa shape index (κ1) is 19.1. The smallest absolute Gasteiger partial charge is 0.338 e. The van der Waals surface area contributed by atoms with Crippen LogP contribution >= 0.6 is 0 Å². The molecule has 2 rings (SSSR count). The van der Waals surface area contributed by atoms with Crippen molar-refractivity contribution in [2.24, 2.45) is 0 Å². The van der Waals surface area contributed by atoms with Crippen molar-refractivity contribution in [2.75, 3.05) is 0 Å². The van der Waals surface area contributed by atoms with E-state index in [1.54, 1.807) is 13.0 Å². The van der Waals surface area contributed by atoms with E-state index < -0.39 is 17.6 Å². The SMILES string of the molecule is C=C(C)C(=C)Oc1ccc(-c2ccc(OC(=O)C(=C)C)c(F)c2)cc1F. The van der Waals surface area contributed by atoms with Gasteiger partial charge in [0.05, 0.1) is 0 Å². The average Bonchev–Trinajstić information content (AvgIpc) is 2.58. The summed E-state index contributed by atoms with van der Waals surface area (Å²) in [7, 11) is 0. The Kier molecular flexibility index (Phi) is 5.72. The monoisotopic (exact) mass is 356 g/mol. The van der Waals surface area contributed by atoms with Gasteiger partial charge in [0.2, 0.25) is 0 Å². The molecule has 0 atom stereocenters. The second kappa shape index (κ2) is 7.78. The zero-order chi connectivity index (χ0) is 19.4. The summed E-state index contributed by atoms with van der Waals surface area (Å²) in [6.07, 6.45) is 0. The highest BCUT2D eigenvalue weighted by molar-refractivity contribution is 5.88. The van der Waals surface area contributed by atoms with Crippen molar-refractivity contribution in [3.63, 3.8) is 0 Å². The van der Waals surface area contributed by atoms with Crippen LogP contribution in [0.25, 0.3) is 11.1 Å². The molecule has 0 aromatic heterocycles. The number of carbonyl (C=O) groups is 1. The van der Waals surface area contributed by atoms with Gasteiger partial charge < -0.3 is 9.47 Å². The number of esters is 1. The molecule has 26 heavy (non-hydrogen) atoms. The third-order valence-corrected chi connectivity index (χ3v) is 3.46. The van der Waals surface area contributed by atoms with Gasteiger partial charge in [0.1, 0.15) is 5.76 Å². The molecule has 0 aliphatic carbocycles. The number of hydrogen-bond donors (Lipinski definition) is 0. The number of allylic oxidation sites excluding steroid dienone is 1. The quantitative estimate of drug-likeness (QED) is 0.223. The van der Waals surface area contributed by atoms with Crippen LogP contribution in [0.4, 0.5) is 8.78 Å². The Morgan fingerprint density at radius 2 is 1.27 bits per heavy atom. The lowest BCUT2D eigenvalue weighted by Gasteiger charge is -2.11. The number of benzene rings is 2. The van der Waals surface area contributed by atoms with Crippen molar-refractivity contribution in [3.05, 3.63) is 84.7 Å². The van der Waals surface area contributed by atoms with Crippen LogP contribution in [0.15, 0.2) is 73.0 Å². The highest BCUT2D eigenvalue weighted by Gasteiger charge is 2.13. The highest BCUT2D eigenvalue weighted by Crippen LogP contribution is 2.30. The normalized spacial score (nSPS) is 10.2. The summed E-state index contributed by atoms with van der Waals surface area (Å²) in [5.41, 5.74) is 1.59. The van der Waals surface area contributed by atoms with Gasteiger partial charge in [-0.15, -0.1) is 0 Å². The molecule has 0 N–H and O–H groups in total. The summed E-state index contributed by atoms with van der Waals surface area (Å²) in [5, 5.41) is 0. The Labute approximate surface area is 150 Å². The molecular weight excluding hydrogens is 338 g/mol. The summed E-state index contributed by atoms with van der Waals surface area (Å²) < 4.78 is 38.6. The first-order chi connectivity index (χ1) is 12.2. The number of hydrogen-bond acceptors (Lipinski definition) is 3. The Hall–Kier alpha value is -3.21. The van der Waals surface area contributed by atoms with Crippen molar-refractivity contribution in [1.82, 2.24) is 0 Å². The molecule has 2 aromatic rings. The number of halogens is 2. The standard InChI is InChI=1S/C21H18F2O3/c1-12(2)14(5)25-19-8-6-15(10-17(19)22)16-7-9-20(18(23)11-16)26-21(24)13(3)4/h6-11H,1,3,5H2,2,4H3. The topological polar surface area (TPSA) is 35.5 Å². The van der Waals surface area contributed by atoms with Crippen molar-refractivity contribution >= 4 is 5.97 Å². The fourth-order valence-electron chi connectivity index (χ4n) is 1.93. The molecular formula is C21H18F2O3. The number of ether oxygens (including phenoxy) is 2.